The maximum absolute atomic E-state index is 11.2. The van der Waals surface area contributed by atoms with Crippen molar-refractivity contribution < 1.29 is 4.79 Å². The summed E-state index contributed by atoms with van der Waals surface area (Å²) in [5.74, 6) is 0.461. The summed E-state index contributed by atoms with van der Waals surface area (Å²) in [5, 5.41) is 0. The first-order chi connectivity index (χ1) is 4.46. The fourth-order valence-electron chi connectivity index (χ4n) is 0.737. The summed E-state index contributed by atoms with van der Waals surface area (Å²) in [4.78, 5) is 13.2. The van der Waals surface area contributed by atoms with Crippen LogP contribution in [0.2, 0.25) is 0 Å². The standard InChI is InChI=1S/C8H17NO/c1-6(2)8(10)7(3)9(4)5/h6-7H,1-5H3. The molecule has 0 aliphatic heterocycles. The Kier molecular flexibility index (Phi) is 3.58. The first-order valence-electron chi connectivity index (χ1n) is 3.67. The Hall–Kier alpha value is -0.370. The van der Waals surface area contributed by atoms with Gasteiger partial charge >= 0.3 is 0 Å². The molecule has 0 aromatic rings. The van der Waals surface area contributed by atoms with Gasteiger partial charge in [-0.2, -0.15) is 0 Å². The molecular weight excluding hydrogens is 126 g/mol. The van der Waals surface area contributed by atoms with Gasteiger partial charge in [0.15, 0.2) is 5.78 Å². The lowest BCUT2D eigenvalue weighted by molar-refractivity contribution is -0.125. The molecule has 10 heavy (non-hydrogen) atoms. The van der Waals surface area contributed by atoms with E-state index in [1.54, 1.807) is 0 Å². The van der Waals surface area contributed by atoms with Gasteiger partial charge in [0.25, 0.3) is 0 Å². The number of likely N-dealkylation sites (N-methyl/N-ethyl adjacent to an activating group) is 1. The Bertz CT molecular complexity index is 118. The zero-order chi connectivity index (χ0) is 8.31. The summed E-state index contributed by atoms with van der Waals surface area (Å²) in [5.41, 5.74) is 0. The molecule has 0 fully saturated rings. The average molecular weight is 143 g/mol. The molecule has 0 saturated heterocycles. The lowest BCUT2D eigenvalue weighted by Crippen LogP contribution is -2.35. The van der Waals surface area contributed by atoms with E-state index in [-0.39, 0.29) is 12.0 Å². The fourth-order valence-corrected chi connectivity index (χ4v) is 0.737. The topological polar surface area (TPSA) is 20.3 Å². The van der Waals surface area contributed by atoms with Crippen molar-refractivity contribution in [3.63, 3.8) is 0 Å². The summed E-state index contributed by atoms with van der Waals surface area (Å²) in [6.45, 7) is 5.80. The highest BCUT2D eigenvalue weighted by atomic mass is 16.1. The lowest BCUT2D eigenvalue weighted by Gasteiger charge is -2.19. The molecule has 0 radical (unpaired) electrons. The summed E-state index contributed by atoms with van der Waals surface area (Å²) < 4.78 is 0. The molecule has 0 N–H and O–H groups in total. The van der Waals surface area contributed by atoms with Crippen LogP contribution in [0, 0.1) is 5.92 Å². The number of ketones is 1. The highest BCUT2D eigenvalue weighted by Gasteiger charge is 2.17. The van der Waals surface area contributed by atoms with Crippen LogP contribution in [0.3, 0.4) is 0 Å². The smallest absolute Gasteiger partial charge is 0.152 e. The van der Waals surface area contributed by atoms with Gasteiger partial charge in [0.1, 0.15) is 0 Å². The highest BCUT2D eigenvalue weighted by molar-refractivity contribution is 5.85. The van der Waals surface area contributed by atoms with E-state index in [9.17, 15) is 4.79 Å². The second-order valence-electron chi connectivity index (χ2n) is 3.20. The fraction of sp³-hybridized carbons (Fsp3) is 0.875. The van der Waals surface area contributed by atoms with Crippen LogP contribution in [0.1, 0.15) is 20.8 Å². The van der Waals surface area contributed by atoms with Crippen molar-refractivity contribution in [3.8, 4) is 0 Å². The van der Waals surface area contributed by atoms with Gasteiger partial charge < -0.3 is 0 Å². The average Bonchev–Trinajstić information content (AvgIpc) is 1.84. The Morgan fingerprint density at radius 1 is 1.20 bits per heavy atom. The predicted octanol–water partition coefficient (Wildman–Crippen LogP) is 1.16. The van der Waals surface area contributed by atoms with Gasteiger partial charge in [-0.05, 0) is 21.0 Å². The van der Waals surface area contributed by atoms with Gasteiger partial charge in [0.05, 0.1) is 6.04 Å². The minimum absolute atomic E-state index is 0.0556. The summed E-state index contributed by atoms with van der Waals surface area (Å²) in [6.07, 6.45) is 0. The maximum Gasteiger partial charge on any atom is 0.152 e. The van der Waals surface area contributed by atoms with Crippen LogP contribution in [0.5, 0.6) is 0 Å². The lowest BCUT2D eigenvalue weighted by atomic mass is 10.0. The van der Waals surface area contributed by atoms with Gasteiger partial charge in [-0.3, -0.25) is 9.69 Å². The van der Waals surface area contributed by atoms with Crippen molar-refractivity contribution >= 4 is 5.78 Å². The number of hydrogen-bond donors (Lipinski definition) is 0. The highest BCUT2D eigenvalue weighted by Crippen LogP contribution is 2.02. The van der Waals surface area contributed by atoms with Crippen molar-refractivity contribution in [2.75, 3.05) is 14.1 Å². The Labute approximate surface area is 63.2 Å². The van der Waals surface area contributed by atoms with Crippen molar-refractivity contribution in [2.24, 2.45) is 5.92 Å². The zero-order valence-electron chi connectivity index (χ0n) is 7.51. The Morgan fingerprint density at radius 2 is 1.60 bits per heavy atom. The predicted molar refractivity (Wildman–Crippen MR) is 43.0 cm³/mol. The molecule has 0 aliphatic rings. The number of Topliss-reactive ketones (excluding diaryl/α,β-unsaturated/α-hetero) is 1. The number of carbonyl (C=O) groups is 1. The SMILES string of the molecule is CC(C)C(=O)C(C)N(C)C. The minimum Gasteiger partial charge on any atom is -0.300 e. The molecule has 0 bridgehead atoms. The molecule has 0 heterocycles. The van der Waals surface area contributed by atoms with E-state index >= 15 is 0 Å². The van der Waals surface area contributed by atoms with Crippen LogP contribution in [-0.4, -0.2) is 30.8 Å². The van der Waals surface area contributed by atoms with E-state index in [0.29, 0.717) is 5.78 Å². The van der Waals surface area contributed by atoms with Crippen LogP contribution in [0.15, 0.2) is 0 Å². The summed E-state index contributed by atoms with van der Waals surface area (Å²) in [7, 11) is 3.84. The van der Waals surface area contributed by atoms with Gasteiger partial charge in [-0.15, -0.1) is 0 Å². The van der Waals surface area contributed by atoms with Gasteiger partial charge in [-0.25, -0.2) is 0 Å². The first kappa shape index (κ1) is 9.63. The molecule has 2 nitrogen and oxygen atoms in total. The molecule has 0 aromatic carbocycles. The second-order valence-corrected chi connectivity index (χ2v) is 3.20. The third kappa shape index (κ3) is 2.48. The zero-order valence-corrected chi connectivity index (χ0v) is 7.51. The third-order valence-corrected chi connectivity index (χ3v) is 1.76. The number of nitrogens with zero attached hydrogens (tertiary/aromatic N) is 1. The van der Waals surface area contributed by atoms with Crippen LogP contribution >= 0.6 is 0 Å². The van der Waals surface area contributed by atoms with E-state index < -0.39 is 0 Å². The number of carbonyl (C=O) groups excluding carboxylic acids is 1. The van der Waals surface area contributed by atoms with Crippen LogP contribution in [0.25, 0.3) is 0 Å². The normalized spacial score (nSPS) is 14.3. The van der Waals surface area contributed by atoms with Gasteiger partial charge in [0, 0.05) is 5.92 Å². The van der Waals surface area contributed by atoms with Gasteiger partial charge in [-0.1, -0.05) is 13.8 Å². The second kappa shape index (κ2) is 3.71. The van der Waals surface area contributed by atoms with E-state index in [0.717, 1.165) is 0 Å². The first-order valence-corrected chi connectivity index (χ1v) is 3.67. The van der Waals surface area contributed by atoms with Crippen LogP contribution in [-0.2, 0) is 4.79 Å². The molecule has 0 spiro atoms. The number of hydrogen-bond acceptors (Lipinski definition) is 2. The van der Waals surface area contributed by atoms with E-state index in [1.807, 2.05) is 39.8 Å². The largest absolute Gasteiger partial charge is 0.300 e. The van der Waals surface area contributed by atoms with E-state index in [2.05, 4.69) is 0 Å². The van der Waals surface area contributed by atoms with Crippen LogP contribution < -0.4 is 0 Å². The Morgan fingerprint density at radius 3 is 1.70 bits per heavy atom. The molecule has 0 rings (SSSR count). The van der Waals surface area contributed by atoms with E-state index in [4.69, 9.17) is 0 Å². The van der Waals surface area contributed by atoms with Crippen molar-refractivity contribution in [2.45, 2.75) is 26.8 Å². The van der Waals surface area contributed by atoms with Crippen LogP contribution in [0.4, 0.5) is 0 Å². The third-order valence-electron chi connectivity index (χ3n) is 1.76. The van der Waals surface area contributed by atoms with E-state index in [1.165, 1.54) is 0 Å². The Balaban J connectivity index is 3.95. The molecule has 0 aliphatic carbocycles. The molecule has 1 atom stereocenters. The quantitative estimate of drug-likeness (QED) is 0.591. The molecule has 2 heteroatoms. The monoisotopic (exact) mass is 143 g/mol. The molecule has 0 saturated carbocycles. The summed E-state index contributed by atoms with van der Waals surface area (Å²) >= 11 is 0. The maximum atomic E-state index is 11.2. The number of rotatable bonds is 3. The van der Waals surface area contributed by atoms with Crippen molar-refractivity contribution in [1.29, 1.82) is 0 Å². The van der Waals surface area contributed by atoms with Crippen molar-refractivity contribution in [1.82, 2.24) is 4.90 Å². The van der Waals surface area contributed by atoms with Gasteiger partial charge in [0.2, 0.25) is 0 Å². The molecule has 60 valence electrons. The molecule has 0 amide bonds. The molecule has 1 unspecified atom stereocenters. The van der Waals surface area contributed by atoms with Crippen molar-refractivity contribution in [3.05, 3.63) is 0 Å². The molecular formula is C8H17NO. The summed E-state index contributed by atoms with van der Waals surface area (Å²) in [6, 6.07) is 0.0556. The minimum atomic E-state index is 0.0556. The molecule has 0 aromatic heterocycles.